The van der Waals surface area contributed by atoms with Crippen LogP contribution >= 0.6 is 0 Å². The maximum atomic E-state index is 10.7. The van der Waals surface area contributed by atoms with Gasteiger partial charge in [-0.25, -0.2) is 0 Å². The van der Waals surface area contributed by atoms with Crippen LogP contribution in [0.2, 0.25) is 0 Å². The van der Waals surface area contributed by atoms with Crippen molar-refractivity contribution >= 4 is 5.91 Å². The number of likely N-dealkylation sites (N-methyl/N-ethyl adjacent to an activating group) is 1. The Labute approximate surface area is 61.5 Å². The number of nitrogens with one attached hydrogen (secondary N) is 2. The van der Waals surface area contributed by atoms with Crippen molar-refractivity contribution in [2.24, 2.45) is 0 Å². The van der Waals surface area contributed by atoms with E-state index >= 15 is 0 Å². The normalized spacial score (nSPS) is 8.90. The first-order valence-corrected chi connectivity index (χ1v) is 3.39. The van der Waals surface area contributed by atoms with Gasteiger partial charge in [0.1, 0.15) is 0 Å². The molecule has 0 aromatic rings. The molecule has 0 bridgehead atoms. The zero-order valence-corrected chi connectivity index (χ0v) is 6.31. The van der Waals surface area contributed by atoms with E-state index in [-0.39, 0.29) is 5.91 Å². The number of hydrogen-bond donors (Lipinski definition) is 2. The van der Waals surface area contributed by atoms with Gasteiger partial charge < -0.3 is 10.6 Å². The average Bonchev–Trinajstić information content (AvgIpc) is 1.89. The SMILES string of the molecule is C=CCNCC(=O)NCC. The van der Waals surface area contributed by atoms with E-state index in [9.17, 15) is 4.79 Å². The molecule has 0 fully saturated rings. The van der Waals surface area contributed by atoms with Crippen LogP contribution in [0.25, 0.3) is 0 Å². The van der Waals surface area contributed by atoms with E-state index in [1.807, 2.05) is 6.92 Å². The van der Waals surface area contributed by atoms with Gasteiger partial charge in [-0.2, -0.15) is 0 Å². The maximum Gasteiger partial charge on any atom is 0.233 e. The summed E-state index contributed by atoms with van der Waals surface area (Å²) in [6.07, 6.45) is 1.72. The Hall–Kier alpha value is -0.830. The van der Waals surface area contributed by atoms with E-state index in [0.29, 0.717) is 19.6 Å². The van der Waals surface area contributed by atoms with Crippen LogP contribution in [0.4, 0.5) is 0 Å². The Morgan fingerprint density at radius 1 is 1.70 bits per heavy atom. The summed E-state index contributed by atoms with van der Waals surface area (Å²) < 4.78 is 0. The van der Waals surface area contributed by atoms with Crippen molar-refractivity contribution < 1.29 is 4.79 Å². The van der Waals surface area contributed by atoms with E-state index < -0.39 is 0 Å². The molecule has 0 aliphatic rings. The number of hydrogen-bond acceptors (Lipinski definition) is 2. The fourth-order valence-corrected chi connectivity index (χ4v) is 0.547. The van der Waals surface area contributed by atoms with Gasteiger partial charge in [0.15, 0.2) is 0 Å². The second-order valence-electron chi connectivity index (χ2n) is 1.87. The Morgan fingerprint density at radius 3 is 2.90 bits per heavy atom. The Kier molecular flexibility index (Phi) is 5.77. The summed E-state index contributed by atoms with van der Waals surface area (Å²) in [5.74, 6) is 0.0318. The molecule has 2 N–H and O–H groups in total. The minimum atomic E-state index is 0.0318. The highest BCUT2D eigenvalue weighted by molar-refractivity contribution is 5.77. The molecule has 0 spiro atoms. The van der Waals surface area contributed by atoms with E-state index in [1.54, 1.807) is 6.08 Å². The summed E-state index contributed by atoms with van der Waals surface area (Å²) in [6, 6.07) is 0. The molecule has 0 aromatic heterocycles. The van der Waals surface area contributed by atoms with Crippen LogP contribution in [0.5, 0.6) is 0 Å². The van der Waals surface area contributed by atoms with Crippen LogP contribution < -0.4 is 10.6 Å². The van der Waals surface area contributed by atoms with Crippen LogP contribution in [0, 0.1) is 0 Å². The second-order valence-corrected chi connectivity index (χ2v) is 1.87. The van der Waals surface area contributed by atoms with Gasteiger partial charge in [0, 0.05) is 13.1 Å². The average molecular weight is 142 g/mol. The fourth-order valence-electron chi connectivity index (χ4n) is 0.547. The van der Waals surface area contributed by atoms with Gasteiger partial charge in [-0.1, -0.05) is 6.08 Å². The molecule has 1 amide bonds. The molecular weight excluding hydrogens is 128 g/mol. The van der Waals surface area contributed by atoms with E-state index in [1.165, 1.54) is 0 Å². The Morgan fingerprint density at radius 2 is 2.40 bits per heavy atom. The first-order valence-electron chi connectivity index (χ1n) is 3.39. The Bertz CT molecular complexity index is 112. The molecule has 0 unspecified atom stereocenters. The zero-order valence-electron chi connectivity index (χ0n) is 6.31. The molecule has 0 aliphatic carbocycles. The summed E-state index contributed by atoms with van der Waals surface area (Å²) >= 11 is 0. The predicted octanol–water partition coefficient (Wildman–Crippen LogP) is -0.102. The van der Waals surface area contributed by atoms with Gasteiger partial charge in [0.2, 0.25) is 5.91 Å². The summed E-state index contributed by atoms with van der Waals surface area (Å²) in [6.45, 7) is 7.15. The van der Waals surface area contributed by atoms with Gasteiger partial charge >= 0.3 is 0 Å². The van der Waals surface area contributed by atoms with Crippen LogP contribution in [-0.2, 0) is 4.79 Å². The van der Waals surface area contributed by atoms with Gasteiger partial charge in [0.05, 0.1) is 6.54 Å². The molecule has 10 heavy (non-hydrogen) atoms. The number of carbonyl (C=O) groups excluding carboxylic acids is 1. The van der Waals surface area contributed by atoms with Crippen molar-refractivity contribution in [3.8, 4) is 0 Å². The van der Waals surface area contributed by atoms with E-state index in [0.717, 1.165) is 0 Å². The molecule has 0 rings (SSSR count). The fraction of sp³-hybridized carbons (Fsp3) is 0.571. The summed E-state index contributed by atoms with van der Waals surface area (Å²) in [5.41, 5.74) is 0. The summed E-state index contributed by atoms with van der Waals surface area (Å²) in [5, 5.41) is 5.56. The van der Waals surface area contributed by atoms with Crippen molar-refractivity contribution in [1.82, 2.24) is 10.6 Å². The van der Waals surface area contributed by atoms with Crippen molar-refractivity contribution in [3.63, 3.8) is 0 Å². The van der Waals surface area contributed by atoms with Crippen molar-refractivity contribution in [3.05, 3.63) is 12.7 Å². The second kappa shape index (κ2) is 6.29. The van der Waals surface area contributed by atoms with E-state index in [4.69, 9.17) is 0 Å². The minimum Gasteiger partial charge on any atom is -0.355 e. The van der Waals surface area contributed by atoms with Crippen LogP contribution in [0.1, 0.15) is 6.92 Å². The van der Waals surface area contributed by atoms with Crippen LogP contribution in [-0.4, -0.2) is 25.5 Å². The smallest absolute Gasteiger partial charge is 0.233 e. The molecule has 0 aromatic carbocycles. The highest BCUT2D eigenvalue weighted by atomic mass is 16.1. The third-order valence-electron chi connectivity index (χ3n) is 0.948. The maximum absolute atomic E-state index is 10.7. The topological polar surface area (TPSA) is 41.1 Å². The molecule has 0 heterocycles. The molecule has 0 saturated heterocycles. The molecule has 0 saturated carbocycles. The quantitative estimate of drug-likeness (QED) is 0.415. The lowest BCUT2D eigenvalue weighted by Crippen LogP contribution is -2.33. The molecule has 3 heteroatoms. The lowest BCUT2D eigenvalue weighted by atomic mass is 10.5. The largest absolute Gasteiger partial charge is 0.355 e. The van der Waals surface area contributed by atoms with E-state index in [2.05, 4.69) is 17.2 Å². The summed E-state index contributed by atoms with van der Waals surface area (Å²) in [4.78, 5) is 10.7. The highest BCUT2D eigenvalue weighted by Gasteiger charge is 1.94. The lowest BCUT2D eigenvalue weighted by molar-refractivity contribution is -0.120. The first-order chi connectivity index (χ1) is 4.81. The van der Waals surface area contributed by atoms with Gasteiger partial charge in [-0.05, 0) is 6.92 Å². The van der Waals surface area contributed by atoms with Gasteiger partial charge in [-0.3, -0.25) is 4.79 Å². The molecule has 0 radical (unpaired) electrons. The number of amides is 1. The molecule has 3 nitrogen and oxygen atoms in total. The van der Waals surface area contributed by atoms with Crippen LogP contribution in [0.3, 0.4) is 0 Å². The molecule has 58 valence electrons. The highest BCUT2D eigenvalue weighted by Crippen LogP contribution is 1.63. The first kappa shape index (κ1) is 9.17. The molecule has 0 atom stereocenters. The number of rotatable bonds is 5. The van der Waals surface area contributed by atoms with Crippen molar-refractivity contribution in [2.75, 3.05) is 19.6 Å². The van der Waals surface area contributed by atoms with Gasteiger partial charge in [-0.15, -0.1) is 6.58 Å². The standard InChI is InChI=1S/C7H14N2O/c1-3-5-8-6-7(10)9-4-2/h3,8H,1,4-6H2,2H3,(H,9,10). The monoisotopic (exact) mass is 142 g/mol. The molecular formula is C7H14N2O. The predicted molar refractivity (Wildman–Crippen MR) is 41.8 cm³/mol. The number of carbonyl (C=O) groups is 1. The third-order valence-corrected chi connectivity index (χ3v) is 0.948. The molecule has 0 aliphatic heterocycles. The van der Waals surface area contributed by atoms with Crippen molar-refractivity contribution in [2.45, 2.75) is 6.92 Å². The van der Waals surface area contributed by atoms with Crippen molar-refractivity contribution in [1.29, 1.82) is 0 Å². The van der Waals surface area contributed by atoms with Gasteiger partial charge in [0.25, 0.3) is 0 Å². The lowest BCUT2D eigenvalue weighted by Gasteiger charge is -2.00. The van der Waals surface area contributed by atoms with Crippen LogP contribution in [0.15, 0.2) is 12.7 Å². The Balaban J connectivity index is 3.13. The summed E-state index contributed by atoms with van der Waals surface area (Å²) in [7, 11) is 0. The minimum absolute atomic E-state index is 0.0318. The zero-order chi connectivity index (χ0) is 7.82. The third kappa shape index (κ3) is 5.31.